The molecule has 0 fully saturated rings. The molecular formula is C22H42N2O. The van der Waals surface area contributed by atoms with Crippen molar-refractivity contribution < 1.29 is 5.11 Å². The third-order valence-corrected chi connectivity index (χ3v) is 5.08. The zero-order valence-corrected chi connectivity index (χ0v) is 16.9. The number of nitrogens with zero attached hydrogens (tertiary/aromatic N) is 2. The summed E-state index contributed by atoms with van der Waals surface area (Å²) in [6.07, 6.45) is 22.8. The first-order valence-electron chi connectivity index (χ1n) is 10.9. The minimum atomic E-state index is -0.384. The van der Waals surface area contributed by atoms with E-state index in [9.17, 15) is 5.11 Å². The Morgan fingerprint density at radius 3 is 2.08 bits per heavy atom. The molecule has 3 heteroatoms. The number of amidine groups is 1. The number of hydrogen-bond acceptors (Lipinski definition) is 3. The molecule has 3 nitrogen and oxygen atoms in total. The van der Waals surface area contributed by atoms with Gasteiger partial charge in [-0.3, -0.25) is 4.99 Å². The molecular weight excluding hydrogens is 308 g/mol. The summed E-state index contributed by atoms with van der Waals surface area (Å²) in [4.78, 5) is 6.55. The van der Waals surface area contributed by atoms with E-state index >= 15 is 0 Å². The van der Waals surface area contributed by atoms with E-state index in [-0.39, 0.29) is 6.23 Å². The lowest BCUT2D eigenvalue weighted by molar-refractivity contribution is 0.0766. The highest BCUT2D eigenvalue weighted by atomic mass is 16.3. The van der Waals surface area contributed by atoms with Gasteiger partial charge in [0.15, 0.2) is 0 Å². The molecule has 0 saturated carbocycles. The second kappa shape index (κ2) is 15.4. The fourth-order valence-electron chi connectivity index (χ4n) is 3.49. The number of hydrogen-bond donors (Lipinski definition) is 1. The Bertz CT molecular complexity index is 363. The number of aliphatic imine (C=N–C) groups is 1. The number of allylic oxidation sites excluding steroid dienone is 2. The van der Waals surface area contributed by atoms with Crippen LogP contribution in [0.1, 0.15) is 104 Å². The molecule has 0 aromatic rings. The molecule has 0 bridgehead atoms. The minimum absolute atomic E-state index is 0.384. The summed E-state index contributed by atoms with van der Waals surface area (Å²) in [5, 5.41) is 9.69. The van der Waals surface area contributed by atoms with Crippen molar-refractivity contribution in [2.45, 2.75) is 110 Å². The van der Waals surface area contributed by atoms with Crippen molar-refractivity contribution in [2.75, 3.05) is 13.1 Å². The first-order valence-corrected chi connectivity index (χ1v) is 10.9. The first kappa shape index (κ1) is 22.2. The summed E-state index contributed by atoms with van der Waals surface area (Å²) in [5.41, 5.74) is 0. The second-order valence-electron chi connectivity index (χ2n) is 7.46. The fourth-order valence-corrected chi connectivity index (χ4v) is 3.49. The predicted molar refractivity (Wildman–Crippen MR) is 110 cm³/mol. The monoisotopic (exact) mass is 350 g/mol. The Kier molecular flexibility index (Phi) is 13.7. The van der Waals surface area contributed by atoms with Gasteiger partial charge in [-0.2, -0.15) is 0 Å². The van der Waals surface area contributed by atoms with E-state index in [2.05, 4.69) is 24.1 Å². The van der Waals surface area contributed by atoms with Gasteiger partial charge in [-0.25, -0.2) is 0 Å². The van der Waals surface area contributed by atoms with Crippen LogP contribution in [0.5, 0.6) is 0 Å². The molecule has 0 aliphatic carbocycles. The van der Waals surface area contributed by atoms with Gasteiger partial charge < -0.3 is 10.0 Å². The smallest absolute Gasteiger partial charge is 0.125 e. The maximum atomic E-state index is 9.69. The van der Waals surface area contributed by atoms with Crippen molar-refractivity contribution in [1.82, 2.24) is 4.90 Å². The van der Waals surface area contributed by atoms with Crippen molar-refractivity contribution in [3.8, 4) is 0 Å². The van der Waals surface area contributed by atoms with Crippen LogP contribution in [0.4, 0.5) is 0 Å². The van der Waals surface area contributed by atoms with Crippen LogP contribution < -0.4 is 0 Å². The average Bonchev–Trinajstić information content (AvgIpc) is 3.07. The maximum absolute atomic E-state index is 9.69. The molecule has 1 heterocycles. The van der Waals surface area contributed by atoms with Crippen LogP contribution in [0.2, 0.25) is 0 Å². The fraction of sp³-hybridized carbons (Fsp3) is 0.864. The Labute approximate surface area is 156 Å². The van der Waals surface area contributed by atoms with Gasteiger partial charge in [-0.1, -0.05) is 70.4 Å². The molecule has 0 saturated heterocycles. The Hall–Kier alpha value is -0.830. The van der Waals surface area contributed by atoms with Crippen molar-refractivity contribution in [3.05, 3.63) is 12.2 Å². The lowest BCUT2D eigenvalue weighted by atomic mass is 10.1. The minimum Gasteiger partial charge on any atom is -0.374 e. The van der Waals surface area contributed by atoms with Crippen LogP contribution in [0.3, 0.4) is 0 Å². The average molecular weight is 351 g/mol. The quantitative estimate of drug-likeness (QED) is 0.270. The topological polar surface area (TPSA) is 35.8 Å². The zero-order valence-electron chi connectivity index (χ0n) is 16.9. The predicted octanol–water partition coefficient (Wildman–Crippen LogP) is 6.08. The highest BCUT2D eigenvalue weighted by molar-refractivity contribution is 5.83. The van der Waals surface area contributed by atoms with Gasteiger partial charge in [0.1, 0.15) is 12.1 Å². The molecule has 1 N–H and O–H groups in total. The first-order chi connectivity index (χ1) is 12.3. The van der Waals surface area contributed by atoms with Gasteiger partial charge in [0, 0.05) is 13.0 Å². The molecule has 0 aromatic carbocycles. The standard InChI is InChI=1S/C22H42N2O/c1-3-4-5-6-7-8-9-10-11-12-13-14-15-16-17-18-22-23-19-20-24(22)21(2)25/h9-10,21,25H,3-8,11-20H2,1-2H3/b10-9+. The SMILES string of the molecule is CCCCCCC/C=C/CCCCCCCCC1=NCCN1C(C)O. The molecule has 1 unspecified atom stereocenters. The zero-order chi connectivity index (χ0) is 18.2. The van der Waals surface area contributed by atoms with Gasteiger partial charge in [0.05, 0.1) is 6.54 Å². The summed E-state index contributed by atoms with van der Waals surface area (Å²) >= 11 is 0. The van der Waals surface area contributed by atoms with Crippen LogP contribution in [0.15, 0.2) is 17.1 Å². The summed E-state index contributed by atoms with van der Waals surface area (Å²) in [6.45, 7) is 5.85. The second-order valence-corrected chi connectivity index (χ2v) is 7.46. The Balaban J connectivity index is 1.83. The lowest BCUT2D eigenvalue weighted by Gasteiger charge is -2.23. The molecule has 1 aliphatic heterocycles. The van der Waals surface area contributed by atoms with E-state index in [4.69, 9.17) is 0 Å². The molecule has 0 spiro atoms. The molecule has 0 radical (unpaired) electrons. The number of aliphatic hydroxyl groups is 1. The van der Waals surface area contributed by atoms with Crippen molar-refractivity contribution in [1.29, 1.82) is 0 Å². The van der Waals surface area contributed by atoms with Gasteiger partial charge in [0.25, 0.3) is 0 Å². The third-order valence-electron chi connectivity index (χ3n) is 5.08. The molecule has 1 atom stereocenters. The van der Waals surface area contributed by atoms with Crippen molar-refractivity contribution in [3.63, 3.8) is 0 Å². The normalized spacial score (nSPS) is 16.0. The van der Waals surface area contributed by atoms with Crippen LogP contribution in [-0.4, -0.2) is 35.2 Å². The molecule has 146 valence electrons. The number of rotatable bonds is 16. The van der Waals surface area contributed by atoms with Crippen molar-refractivity contribution in [2.24, 2.45) is 4.99 Å². The summed E-state index contributed by atoms with van der Waals surface area (Å²) in [5.74, 6) is 1.12. The Morgan fingerprint density at radius 2 is 1.48 bits per heavy atom. The lowest BCUT2D eigenvalue weighted by Crippen LogP contribution is -2.35. The number of aliphatic hydroxyl groups excluding tert-OH is 1. The molecule has 0 aromatic heterocycles. The van der Waals surface area contributed by atoms with E-state index < -0.39 is 0 Å². The van der Waals surface area contributed by atoms with Gasteiger partial charge in [-0.15, -0.1) is 0 Å². The largest absolute Gasteiger partial charge is 0.374 e. The van der Waals surface area contributed by atoms with E-state index in [1.807, 2.05) is 11.8 Å². The van der Waals surface area contributed by atoms with Gasteiger partial charge in [0.2, 0.25) is 0 Å². The van der Waals surface area contributed by atoms with Gasteiger partial charge in [-0.05, 0) is 39.0 Å². The highest BCUT2D eigenvalue weighted by Gasteiger charge is 2.19. The summed E-state index contributed by atoms with van der Waals surface area (Å²) in [7, 11) is 0. The summed E-state index contributed by atoms with van der Waals surface area (Å²) < 4.78 is 0. The van der Waals surface area contributed by atoms with Gasteiger partial charge >= 0.3 is 0 Å². The highest BCUT2D eigenvalue weighted by Crippen LogP contribution is 2.14. The van der Waals surface area contributed by atoms with Crippen LogP contribution >= 0.6 is 0 Å². The molecule has 1 rings (SSSR count). The van der Waals surface area contributed by atoms with Crippen molar-refractivity contribution >= 4 is 5.84 Å². The van der Waals surface area contributed by atoms with E-state index in [1.165, 1.54) is 83.5 Å². The van der Waals surface area contributed by atoms with Crippen LogP contribution in [0, 0.1) is 0 Å². The van der Waals surface area contributed by atoms with Crippen LogP contribution in [0.25, 0.3) is 0 Å². The molecule has 25 heavy (non-hydrogen) atoms. The Morgan fingerprint density at radius 1 is 0.920 bits per heavy atom. The van der Waals surface area contributed by atoms with E-state index in [0.717, 1.165) is 25.3 Å². The summed E-state index contributed by atoms with van der Waals surface area (Å²) in [6, 6.07) is 0. The maximum Gasteiger partial charge on any atom is 0.125 e. The third kappa shape index (κ3) is 11.4. The van der Waals surface area contributed by atoms with Crippen LogP contribution in [-0.2, 0) is 0 Å². The van der Waals surface area contributed by atoms with E-state index in [0.29, 0.717) is 0 Å². The number of unbranched alkanes of at least 4 members (excludes halogenated alkanes) is 11. The van der Waals surface area contributed by atoms with E-state index in [1.54, 1.807) is 0 Å². The molecule has 0 amide bonds. The molecule has 1 aliphatic rings.